The van der Waals surface area contributed by atoms with Crippen molar-refractivity contribution in [2.45, 2.75) is 25.8 Å². The van der Waals surface area contributed by atoms with Gasteiger partial charge in [-0.2, -0.15) is 0 Å². The first-order chi connectivity index (χ1) is 9.92. The quantitative estimate of drug-likeness (QED) is 0.775. The van der Waals surface area contributed by atoms with Crippen LogP contribution in [0.1, 0.15) is 19.8 Å². The number of imide groups is 1. The Balaban J connectivity index is 1.92. The predicted octanol–water partition coefficient (Wildman–Crippen LogP) is -0.273. The van der Waals surface area contributed by atoms with Crippen LogP contribution < -0.4 is 5.32 Å². The molecule has 0 aromatic rings. The zero-order valence-corrected chi connectivity index (χ0v) is 13.0. The summed E-state index contributed by atoms with van der Waals surface area (Å²) in [4.78, 5) is 40.5. The molecule has 2 heterocycles. The largest absolute Gasteiger partial charge is 0.339 e. The van der Waals surface area contributed by atoms with E-state index in [0.717, 1.165) is 13.0 Å². The molecular weight excluding hydrogens is 272 g/mol. The van der Waals surface area contributed by atoms with Gasteiger partial charge >= 0.3 is 6.03 Å². The second-order valence-electron chi connectivity index (χ2n) is 6.02. The Hall–Kier alpha value is -1.63. The van der Waals surface area contributed by atoms with E-state index in [9.17, 15) is 14.4 Å². The van der Waals surface area contributed by atoms with Crippen LogP contribution in [-0.4, -0.2) is 78.9 Å². The number of nitrogens with zero attached hydrogens (tertiary/aromatic N) is 3. The highest BCUT2D eigenvalue weighted by molar-refractivity contribution is 5.98. The SMILES string of the molecule is CC[C@@H]1CN(C(=O)CN2CCC(=O)NC2=O)C[C@H]1N(C)C. The number of carbonyl (C=O) groups excluding carboxylic acids is 3. The first-order valence-corrected chi connectivity index (χ1v) is 7.45. The number of rotatable bonds is 4. The third-order valence-corrected chi connectivity index (χ3v) is 4.42. The number of hydrogen-bond acceptors (Lipinski definition) is 4. The molecule has 0 radical (unpaired) electrons. The average molecular weight is 296 g/mol. The number of nitrogens with one attached hydrogen (secondary N) is 1. The van der Waals surface area contributed by atoms with Crippen LogP contribution >= 0.6 is 0 Å². The lowest BCUT2D eigenvalue weighted by molar-refractivity contribution is -0.132. The number of likely N-dealkylation sites (N-methyl/N-ethyl adjacent to an activating group) is 1. The Bertz CT molecular complexity index is 438. The molecule has 1 N–H and O–H groups in total. The Morgan fingerprint density at radius 2 is 2.05 bits per heavy atom. The lowest BCUT2D eigenvalue weighted by Crippen LogP contribution is -2.52. The molecular formula is C14H24N4O3. The highest BCUT2D eigenvalue weighted by Crippen LogP contribution is 2.23. The fraction of sp³-hybridized carbons (Fsp3) is 0.786. The van der Waals surface area contributed by atoms with Crippen molar-refractivity contribution in [3.05, 3.63) is 0 Å². The minimum atomic E-state index is -0.463. The number of hydrogen-bond donors (Lipinski definition) is 1. The highest BCUT2D eigenvalue weighted by Gasteiger charge is 2.36. The maximum Gasteiger partial charge on any atom is 0.324 e. The van der Waals surface area contributed by atoms with Gasteiger partial charge in [-0.3, -0.25) is 14.9 Å². The first-order valence-electron chi connectivity index (χ1n) is 7.45. The highest BCUT2D eigenvalue weighted by atomic mass is 16.2. The van der Waals surface area contributed by atoms with Gasteiger partial charge in [-0.05, 0) is 20.0 Å². The molecule has 0 saturated carbocycles. The molecule has 21 heavy (non-hydrogen) atoms. The van der Waals surface area contributed by atoms with Crippen LogP contribution in [0.15, 0.2) is 0 Å². The molecule has 2 rings (SSSR count). The minimum absolute atomic E-state index is 0.0395. The maximum atomic E-state index is 12.4. The Morgan fingerprint density at radius 3 is 2.57 bits per heavy atom. The molecule has 2 aliphatic heterocycles. The lowest BCUT2D eigenvalue weighted by Gasteiger charge is -2.28. The van der Waals surface area contributed by atoms with Gasteiger partial charge < -0.3 is 14.7 Å². The molecule has 7 heteroatoms. The second kappa shape index (κ2) is 6.43. The van der Waals surface area contributed by atoms with Crippen LogP contribution in [0, 0.1) is 5.92 Å². The van der Waals surface area contributed by atoms with Gasteiger partial charge in [0.1, 0.15) is 6.54 Å². The minimum Gasteiger partial charge on any atom is -0.339 e. The van der Waals surface area contributed by atoms with E-state index in [1.54, 1.807) is 0 Å². The van der Waals surface area contributed by atoms with Crippen LogP contribution in [-0.2, 0) is 9.59 Å². The van der Waals surface area contributed by atoms with Gasteiger partial charge in [0.05, 0.1) is 0 Å². The van der Waals surface area contributed by atoms with Gasteiger partial charge in [0.2, 0.25) is 11.8 Å². The van der Waals surface area contributed by atoms with Crippen molar-refractivity contribution >= 4 is 17.8 Å². The van der Waals surface area contributed by atoms with E-state index in [-0.39, 0.29) is 24.8 Å². The van der Waals surface area contributed by atoms with E-state index in [0.29, 0.717) is 25.0 Å². The predicted molar refractivity (Wildman–Crippen MR) is 77.6 cm³/mol. The molecule has 118 valence electrons. The summed E-state index contributed by atoms with van der Waals surface area (Å²) < 4.78 is 0. The van der Waals surface area contributed by atoms with Gasteiger partial charge in [0.15, 0.2) is 0 Å². The summed E-state index contributed by atoms with van der Waals surface area (Å²) in [6.07, 6.45) is 1.29. The van der Waals surface area contributed by atoms with E-state index in [1.807, 2.05) is 19.0 Å². The summed E-state index contributed by atoms with van der Waals surface area (Å²) in [5.41, 5.74) is 0. The van der Waals surface area contributed by atoms with Crippen molar-refractivity contribution < 1.29 is 14.4 Å². The molecule has 0 aromatic carbocycles. The average Bonchev–Trinajstić information content (AvgIpc) is 2.86. The van der Waals surface area contributed by atoms with Crippen LogP contribution in [0.5, 0.6) is 0 Å². The summed E-state index contributed by atoms with van der Waals surface area (Å²) in [6.45, 7) is 3.96. The fourth-order valence-corrected chi connectivity index (χ4v) is 3.06. The molecule has 0 aromatic heterocycles. The summed E-state index contributed by atoms with van der Waals surface area (Å²) in [5, 5.41) is 2.24. The standard InChI is InChI=1S/C14H24N4O3/c1-4-10-7-18(8-11(10)16(2)3)13(20)9-17-6-5-12(19)15-14(17)21/h10-11H,4-9H2,1-3H3,(H,15,19,21)/t10-,11-/m1/s1. The number of amides is 4. The molecule has 2 saturated heterocycles. The summed E-state index contributed by atoms with van der Waals surface area (Å²) in [6, 6.07) is -0.0919. The van der Waals surface area contributed by atoms with E-state index < -0.39 is 6.03 Å². The molecule has 2 atom stereocenters. The number of carbonyl (C=O) groups is 3. The van der Waals surface area contributed by atoms with Gasteiger partial charge in [0, 0.05) is 32.1 Å². The lowest BCUT2D eigenvalue weighted by atomic mass is 10.0. The molecule has 2 fully saturated rings. The normalized spacial score (nSPS) is 26.5. The summed E-state index contributed by atoms with van der Waals surface area (Å²) in [7, 11) is 4.07. The zero-order chi connectivity index (χ0) is 15.6. The van der Waals surface area contributed by atoms with E-state index in [4.69, 9.17) is 0 Å². The molecule has 2 aliphatic rings. The Labute approximate surface area is 125 Å². The summed E-state index contributed by atoms with van der Waals surface area (Å²) in [5.74, 6) is 0.159. The Morgan fingerprint density at radius 1 is 1.33 bits per heavy atom. The van der Waals surface area contributed by atoms with Crippen molar-refractivity contribution in [1.82, 2.24) is 20.0 Å². The van der Waals surface area contributed by atoms with E-state index in [1.165, 1.54) is 4.90 Å². The molecule has 0 unspecified atom stereocenters. The Kier molecular flexibility index (Phi) is 4.82. The van der Waals surface area contributed by atoms with Crippen LogP contribution in [0.25, 0.3) is 0 Å². The van der Waals surface area contributed by atoms with Gasteiger partial charge in [-0.15, -0.1) is 0 Å². The number of likely N-dealkylation sites (tertiary alicyclic amines) is 1. The smallest absolute Gasteiger partial charge is 0.324 e. The van der Waals surface area contributed by atoms with Crippen LogP contribution in [0.4, 0.5) is 4.79 Å². The third-order valence-electron chi connectivity index (χ3n) is 4.42. The zero-order valence-electron chi connectivity index (χ0n) is 13.0. The molecule has 0 bridgehead atoms. The molecule has 0 spiro atoms. The monoisotopic (exact) mass is 296 g/mol. The molecule has 0 aliphatic carbocycles. The third kappa shape index (κ3) is 3.53. The molecule has 4 amide bonds. The van der Waals surface area contributed by atoms with Crippen LogP contribution in [0.3, 0.4) is 0 Å². The van der Waals surface area contributed by atoms with E-state index in [2.05, 4.69) is 17.1 Å². The van der Waals surface area contributed by atoms with Crippen molar-refractivity contribution in [1.29, 1.82) is 0 Å². The van der Waals surface area contributed by atoms with Crippen LogP contribution in [0.2, 0.25) is 0 Å². The van der Waals surface area contributed by atoms with Gasteiger partial charge in [-0.1, -0.05) is 13.3 Å². The van der Waals surface area contributed by atoms with Crippen molar-refractivity contribution in [3.63, 3.8) is 0 Å². The van der Waals surface area contributed by atoms with Crippen molar-refractivity contribution in [3.8, 4) is 0 Å². The van der Waals surface area contributed by atoms with Gasteiger partial charge in [0.25, 0.3) is 0 Å². The van der Waals surface area contributed by atoms with Crippen molar-refractivity contribution in [2.24, 2.45) is 5.92 Å². The maximum absolute atomic E-state index is 12.4. The van der Waals surface area contributed by atoms with E-state index >= 15 is 0 Å². The van der Waals surface area contributed by atoms with Crippen molar-refractivity contribution in [2.75, 3.05) is 40.3 Å². The first kappa shape index (κ1) is 15.8. The summed E-state index contributed by atoms with van der Waals surface area (Å²) >= 11 is 0. The number of urea groups is 1. The fourth-order valence-electron chi connectivity index (χ4n) is 3.06. The van der Waals surface area contributed by atoms with Gasteiger partial charge in [-0.25, -0.2) is 4.79 Å². The topological polar surface area (TPSA) is 73.0 Å². The second-order valence-corrected chi connectivity index (χ2v) is 6.02. The molecule has 7 nitrogen and oxygen atoms in total.